The molecule has 0 radical (unpaired) electrons. The molecule has 68 valence electrons. The molecule has 1 N–H and O–H groups in total. The fourth-order valence-corrected chi connectivity index (χ4v) is 1.68. The van der Waals surface area contributed by atoms with Crippen LogP contribution in [0.15, 0.2) is 23.4 Å². The quantitative estimate of drug-likeness (QED) is 0.435. The molecule has 1 heterocycles. The number of carbonyl (C=O) groups is 2. The second kappa shape index (κ2) is 2.31. The molecule has 13 heavy (non-hydrogen) atoms. The molecule has 2 rings (SSSR count). The first-order valence-corrected chi connectivity index (χ1v) is 4.27. The van der Waals surface area contributed by atoms with Crippen molar-refractivity contribution in [1.82, 2.24) is 5.32 Å². The molecule has 0 amide bonds. The molecule has 0 aromatic rings. The van der Waals surface area contributed by atoms with Gasteiger partial charge in [-0.25, -0.2) is 0 Å². The Bertz CT molecular complexity index is 361. The molecule has 0 bridgehead atoms. The lowest BCUT2D eigenvalue weighted by Crippen LogP contribution is -2.19. The van der Waals surface area contributed by atoms with Crippen LogP contribution in [-0.4, -0.2) is 18.1 Å². The molecule has 0 saturated carbocycles. The Morgan fingerprint density at radius 2 is 1.85 bits per heavy atom. The van der Waals surface area contributed by atoms with E-state index < -0.39 is 11.6 Å². The highest BCUT2D eigenvalue weighted by Gasteiger charge is 2.36. The zero-order valence-electron chi connectivity index (χ0n) is 7.68. The van der Waals surface area contributed by atoms with E-state index in [0.29, 0.717) is 0 Å². The number of carbonyl (C=O) groups excluding carboxylic acids is 2. The molecule has 3 heteroatoms. The molecule has 0 atom stereocenters. The van der Waals surface area contributed by atoms with E-state index in [4.69, 9.17) is 0 Å². The topological polar surface area (TPSA) is 46.2 Å². The third-order valence-corrected chi connectivity index (χ3v) is 2.53. The van der Waals surface area contributed by atoms with Crippen LogP contribution in [0.25, 0.3) is 0 Å². The summed E-state index contributed by atoms with van der Waals surface area (Å²) in [5.41, 5.74) is 1.73. The van der Waals surface area contributed by atoms with Gasteiger partial charge in [-0.05, 0) is 11.6 Å². The van der Waals surface area contributed by atoms with Crippen LogP contribution < -0.4 is 5.32 Å². The van der Waals surface area contributed by atoms with Gasteiger partial charge in [0.25, 0.3) is 0 Å². The van der Waals surface area contributed by atoms with E-state index in [1.807, 2.05) is 0 Å². The minimum absolute atomic E-state index is 0.0395. The summed E-state index contributed by atoms with van der Waals surface area (Å²) in [5, 5.41) is 3.12. The summed E-state index contributed by atoms with van der Waals surface area (Å²) in [6.45, 7) is 4.89. The van der Waals surface area contributed by atoms with Gasteiger partial charge in [-0.1, -0.05) is 13.8 Å². The van der Waals surface area contributed by atoms with Crippen molar-refractivity contribution in [3.8, 4) is 0 Å². The van der Waals surface area contributed by atoms with Gasteiger partial charge in [0.2, 0.25) is 11.6 Å². The van der Waals surface area contributed by atoms with Crippen molar-refractivity contribution < 1.29 is 9.59 Å². The Hall–Kier alpha value is -1.38. The highest BCUT2D eigenvalue weighted by atomic mass is 16.2. The molecule has 0 spiro atoms. The first kappa shape index (κ1) is 8.23. The average Bonchev–Trinajstić information content (AvgIpc) is 2.31. The Labute approximate surface area is 76.5 Å². The zero-order chi connectivity index (χ0) is 9.64. The van der Waals surface area contributed by atoms with Crippen LogP contribution in [0.1, 0.15) is 13.8 Å². The van der Waals surface area contributed by atoms with E-state index in [9.17, 15) is 9.59 Å². The number of hydrogen-bond donors (Lipinski definition) is 1. The van der Waals surface area contributed by atoms with Gasteiger partial charge < -0.3 is 5.32 Å². The van der Waals surface area contributed by atoms with E-state index in [1.54, 1.807) is 0 Å². The largest absolute Gasteiger partial charge is 0.384 e. The second-order valence-electron chi connectivity index (χ2n) is 4.08. The van der Waals surface area contributed by atoms with Crippen molar-refractivity contribution in [3.63, 3.8) is 0 Å². The summed E-state index contributed by atoms with van der Waals surface area (Å²) in [6.07, 6.45) is 2.85. The van der Waals surface area contributed by atoms with Crippen LogP contribution >= 0.6 is 0 Å². The molecule has 2 aliphatic rings. The second-order valence-corrected chi connectivity index (χ2v) is 4.08. The fraction of sp³-hybridized carbons (Fsp3) is 0.400. The van der Waals surface area contributed by atoms with Crippen LogP contribution in [0.4, 0.5) is 0 Å². The first-order chi connectivity index (χ1) is 6.00. The predicted octanol–water partition coefficient (Wildman–Crippen LogP) is 0.578. The lowest BCUT2D eigenvalue weighted by atomic mass is 9.83. The van der Waals surface area contributed by atoms with Gasteiger partial charge in [0.15, 0.2) is 0 Å². The first-order valence-electron chi connectivity index (χ1n) is 4.27. The zero-order valence-corrected chi connectivity index (χ0v) is 7.68. The highest BCUT2D eigenvalue weighted by molar-refractivity contribution is 6.46. The van der Waals surface area contributed by atoms with Gasteiger partial charge in [-0.3, -0.25) is 9.59 Å². The lowest BCUT2D eigenvalue weighted by molar-refractivity contribution is -0.131. The Kier molecular flexibility index (Phi) is 1.46. The van der Waals surface area contributed by atoms with Gasteiger partial charge in [-0.2, -0.15) is 0 Å². The van der Waals surface area contributed by atoms with Crippen LogP contribution in [-0.2, 0) is 9.59 Å². The van der Waals surface area contributed by atoms with Crippen molar-refractivity contribution in [2.45, 2.75) is 13.8 Å². The standard InChI is InChI=1S/C10H11NO2/c1-10(2)5-11-7-4-9(13)8(12)3-6(7)10/h3-4,11H,5H2,1-2H3. The maximum absolute atomic E-state index is 11.1. The Balaban J connectivity index is 2.50. The average molecular weight is 177 g/mol. The van der Waals surface area contributed by atoms with Gasteiger partial charge >= 0.3 is 0 Å². The number of fused-ring (bicyclic) bond motifs is 1. The molecule has 3 nitrogen and oxygen atoms in total. The minimum Gasteiger partial charge on any atom is -0.384 e. The molecule has 0 aromatic heterocycles. The van der Waals surface area contributed by atoms with E-state index in [-0.39, 0.29) is 5.41 Å². The normalized spacial score (nSPS) is 24.8. The van der Waals surface area contributed by atoms with Crippen molar-refractivity contribution in [3.05, 3.63) is 23.4 Å². The minimum atomic E-state index is -0.427. The van der Waals surface area contributed by atoms with Gasteiger partial charge in [-0.15, -0.1) is 0 Å². The van der Waals surface area contributed by atoms with Gasteiger partial charge in [0, 0.05) is 23.7 Å². The summed E-state index contributed by atoms with van der Waals surface area (Å²) >= 11 is 0. The lowest BCUT2D eigenvalue weighted by Gasteiger charge is -2.18. The van der Waals surface area contributed by atoms with E-state index in [0.717, 1.165) is 17.8 Å². The molecule has 1 fully saturated rings. The van der Waals surface area contributed by atoms with Gasteiger partial charge in [0.1, 0.15) is 0 Å². The number of hydrogen-bond acceptors (Lipinski definition) is 3. The number of rotatable bonds is 0. The smallest absolute Gasteiger partial charge is 0.227 e. The van der Waals surface area contributed by atoms with E-state index in [1.165, 1.54) is 12.2 Å². The number of nitrogens with one attached hydrogen (secondary N) is 1. The van der Waals surface area contributed by atoms with Crippen LogP contribution in [0, 0.1) is 5.41 Å². The molecule has 1 aliphatic carbocycles. The maximum atomic E-state index is 11.1. The highest BCUT2D eigenvalue weighted by Crippen LogP contribution is 2.37. The monoisotopic (exact) mass is 177 g/mol. The molecule has 1 aliphatic heterocycles. The fourth-order valence-electron chi connectivity index (χ4n) is 1.68. The summed E-state index contributed by atoms with van der Waals surface area (Å²) in [6, 6.07) is 0. The summed E-state index contributed by atoms with van der Waals surface area (Å²) in [5.74, 6) is -0.834. The van der Waals surface area contributed by atoms with Gasteiger partial charge in [0.05, 0.1) is 0 Å². The maximum Gasteiger partial charge on any atom is 0.227 e. The molecule has 0 aromatic carbocycles. The summed E-state index contributed by atoms with van der Waals surface area (Å²) in [4.78, 5) is 22.2. The van der Waals surface area contributed by atoms with Crippen LogP contribution in [0.2, 0.25) is 0 Å². The Morgan fingerprint density at radius 1 is 1.23 bits per heavy atom. The van der Waals surface area contributed by atoms with Crippen LogP contribution in [0.5, 0.6) is 0 Å². The molecule has 0 unspecified atom stereocenters. The summed E-state index contributed by atoms with van der Waals surface area (Å²) < 4.78 is 0. The predicted molar refractivity (Wildman–Crippen MR) is 48.0 cm³/mol. The van der Waals surface area contributed by atoms with Crippen molar-refractivity contribution in [1.29, 1.82) is 0 Å². The van der Waals surface area contributed by atoms with Crippen molar-refractivity contribution in [2.24, 2.45) is 5.41 Å². The van der Waals surface area contributed by atoms with Crippen molar-refractivity contribution in [2.75, 3.05) is 6.54 Å². The Morgan fingerprint density at radius 3 is 2.54 bits per heavy atom. The SMILES string of the molecule is CC1(C)CNC2=CC(=O)C(=O)C=C21. The number of ketones is 2. The van der Waals surface area contributed by atoms with Crippen LogP contribution in [0.3, 0.4) is 0 Å². The third-order valence-electron chi connectivity index (χ3n) is 2.53. The molecular formula is C10H11NO2. The van der Waals surface area contributed by atoms with E-state index in [2.05, 4.69) is 19.2 Å². The van der Waals surface area contributed by atoms with E-state index >= 15 is 0 Å². The molecule has 1 saturated heterocycles. The molecular weight excluding hydrogens is 166 g/mol. The van der Waals surface area contributed by atoms with Crippen molar-refractivity contribution >= 4 is 11.6 Å². The third kappa shape index (κ3) is 1.11. The summed E-state index contributed by atoms with van der Waals surface area (Å²) in [7, 11) is 0. The number of allylic oxidation sites excluding steroid dienone is 3.